The van der Waals surface area contributed by atoms with Gasteiger partial charge in [0.15, 0.2) is 10.8 Å². The summed E-state index contributed by atoms with van der Waals surface area (Å²) in [6.45, 7) is 0.700. The van der Waals surface area contributed by atoms with Crippen molar-refractivity contribution in [3.05, 3.63) is 39.8 Å². The second kappa shape index (κ2) is 6.21. The Kier molecular flexibility index (Phi) is 3.92. The molecule has 0 saturated heterocycles. The molecule has 1 N–H and O–H groups in total. The predicted molar refractivity (Wildman–Crippen MR) is 89.1 cm³/mol. The van der Waals surface area contributed by atoms with Crippen LogP contribution in [0.15, 0.2) is 28.5 Å². The summed E-state index contributed by atoms with van der Waals surface area (Å²) in [7, 11) is 0. The lowest BCUT2D eigenvalue weighted by Gasteiger charge is -2.21. The van der Waals surface area contributed by atoms with Crippen LogP contribution in [0.5, 0.6) is 0 Å². The van der Waals surface area contributed by atoms with Gasteiger partial charge in [0, 0.05) is 18.0 Å². The highest BCUT2D eigenvalue weighted by Crippen LogP contribution is 2.29. The van der Waals surface area contributed by atoms with E-state index >= 15 is 0 Å². The highest BCUT2D eigenvalue weighted by molar-refractivity contribution is 7.13. The van der Waals surface area contributed by atoms with Crippen molar-refractivity contribution < 1.29 is 4.79 Å². The van der Waals surface area contributed by atoms with E-state index < -0.39 is 0 Å². The van der Waals surface area contributed by atoms with E-state index in [1.54, 1.807) is 11.3 Å². The Labute approximate surface area is 141 Å². The van der Waals surface area contributed by atoms with Gasteiger partial charge in [-0.2, -0.15) is 16.4 Å². The van der Waals surface area contributed by atoms with Crippen LogP contribution in [0.3, 0.4) is 0 Å². The molecule has 1 aliphatic carbocycles. The molecule has 1 amide bonds. The molecule has 0 aliphatic heterocycles. The summed E-state index contributed by atoms with van der Waals surface area (Å²) in [6.07, 6.45) is 4.01. The highest BCUT2D eigenvalue weighted by Gasteiger charge is 2.32. The Hall–Kier alpha value is -2.06. The second-order valence-electron chi connectivity index (χ2n) is 5.54. The van der Waals surface area contributed by atoms with Gasteiger partial charge in [-0.3, -0.25) is 9.89 Å². The number of thiazole rings is 1. The number of carbonyl (C=O) groups excluding carboxylic acids is 1. The molecule has 118 valence electrons. The molecule has 1 fully saturated rings. The fourth-order valence-corrected chi connectivity index (χ4v) is 3.87. The number of thiophene rings is 1. The number of H-pyrrole nitrogens is 1. The van der Waals surface area contributed by atoms with Gasteiger partial charge >= 0.3 is 0 Å². The third-order valence-electron chi connectivity index (χ3n) is 3.74. The predicted octanol–water partition coefficient (Wildman–Crippen LogP) is 2.72. The number of rotatable bonds is 6. The summed E-state index contributed by atoms with van der Waals surface area (Å²) in [6, 6.07) is 2.48. The molecule has 1 aliphatic rings. The smallest absolute Gasteiger partial charge is 0.229 e. The number of carbonyl (C=O) groups is 1. The first kappa shape index (κ1) is 14.5. The second-order valence-corrected chi connectivity index (χ2v) is 7.18. The van der Waals surface area contributed by atoms with Gasteiger partial charge in [-0.05, 0) is 35.2 Å². The minimum absolute atomic E-state index is 0.146. The summed E-state index contributed by atoms with van der Waals surface area (Å²) < 4.78 is 0. The van der Waals surface area contributed by atoms with Crippen LogP contribution in [0.4, 0.5) is 0 Å². The molecule has 0 bridgehead atoms. The minimum Gasteiger partial charge on any atom is -0.335 e. The Morgan fingerprint density at radius 2 is 2.30 bits per heavy atom. The summed E-state index contributed by atoms with van der Waals surface area (Å²) in [5.41, 5.74) is 2.00. The lowest BCUT2D eigenvalue weighted by atomic mass is 10.2. The van der Waals surface area contributed by atoms with Crippen LogP contribution in [0.25, 0.3) is 10.8 Å². The molecule has 0 unspecified atom stereocenters. The molecule has 6 nitrogen and oxygen atoms in total. The number of nitrogens with zero attached hydrogens (tertiary/aromatic N) is 4. The van der Waals surface area contributed by atoms with Gasteiger partial charge in [0.1, 0.15) is 6.33 Å². The highest BCUT2D eigenvalue weighted by atomic mass is 32.1. The van der Waals surface area contributed by atoms with Gasteiger partial charge in [-0.1, -0.05) is 0 Å². The minimum atomic E-state index is 0.146. The molecule has 3 aromatic heterocycles. The van der Waals surface area contributed by atoms with E-state index in [-0.39, 0.29) is 5.91 Å². The van der Waals surface area contributed by atoms with E-state index in [0.29, 0.717) is 24.8 Å². The van der Waals surface area contributed by atoms with Crippen LogP contribution in [0.1, 0.15) is 24.1 Å². The number of aromatic nitrogens is 4. The van der Waals surface area contributed by atoms with Crippen molar-refractivity contribution in [2.75, 3.05) is 0 Å². The first-order chi connectivity index (χ1) is 11.3. The van der Waals surface area contributed by atoms with E-state index in [9.17, 15) is 4.79 Å². The maximum atomic E-state index is 12.7. The molecule has 23 heavy (non-hydrogen) atoms. The van der Waals surface area contributed by atoms with Crippen LogP contribution in [0, 0.1) is 0 Å². The van der Waals surface area contributed by atoms with E-state index in [0.717, 1.165) is 23.5 Å². The summed E-state index contributed by atoms with van der Waals surface area (Å²) in [4.78, 5) is 23.3. The number of aromatic amines is 1. The van der Waals surface area contributed by atoms with Crippen LogP contribution in [0.2, 0.25) is 0 Å². The maximum absolute atomic E-state index is 12.7. The van der Waals surface area contributed by atoms with Crippen LogP contribution in [-0.4, -0.2) is 37.0 Å². The number of hydrogen-bond donors (Lipinski definition) is 1. The van der Waals surface area contributed by atoms with Crippen molar-refractivity contribution in [2.45, 2.75) is 31.8 Å². The Balaban J connectivity index is 1.45. The Morgan fingerprint density at radius 3 is 3.00 bits per heavy atom. The quantitative estimate of drug-likeness (QED) is 0.745. The third-order valence-corrected chi connectivity index (χ3v) is 5.37. The van der Waals surface area contributed by atoms with E-state index in [1.807, 2.05) is 10.3 Å². The van der Waals surface area contributed by atoms with Crippen molar-refractivity contribution in [1.29, 1.82) is 0 Å². The van der Waals surface area contributed by atoms with Gasteiger partial charge in [0.05, 0.1) is 12.1 Å². The lowest BCUT2D eigenvalue weighted by Crippen LogP contribution is -2.33. The van der Waals surface area contributed by atoms with Gasteiger partial charge < -0.3 is 4.90 Å². The monoisotopic (exact) mass is 345 g/mol. The molecular formula is C15H15N5OS2. The zero-order chi connectivity index (χ0) is 15.6. The molecule has 0 atom stereocenters. The molecule has 0 radical (unpaired) electrons. The largest absolute Gasteiger partial charge is 0.335 e. The van der Waals surface area contributed by atoms with Crippen LogP contribution in [-0.2, 0) is 17.8 Å². The van der Waals surface area contributed by atoms with Crippen molar-refractivity contribution in [2.24, 2.45) is 0 Å². The number of nitrogens with one attached hydrogen (secondary N) is 1. The van der Waals surface area contributed by atoms with Gasteiger partial charge in [0.25, 0.3) is 0 Å². The number of hydrogen-bond acceptors (Lipinski definition) is 6. The van der Waals surface area contributed by atoms with E-state index in [2.05, 4.69) is 37.0 Å². The lowest BCUT2D eigenvalue weighted by molar-refractivity contribution is -0.131. The van der Waals surface area contributed by atoms with Crippen LogP contribution >= 0.6 is 22.7 Å². The van der Waals surface area contributed by atoms with Crippen molar-refractivity contribution >= 4 is 28.6 Å². The Bertz CT molecular complexity index is 777. The fraction of sp³-hybridized carbons (Fsp3) is 0.333. The summed E-state index contributed by atoms with van der Waals surface area (Å²) >= 11 is 3.14. The summed E-state index contributed by atoms with van der Waals surface area (Å²) in [5, 5.41) is 13.5. The zero-order valence-corrected chi connectivity index (χ0v) is 13.9. The van der Waals surface area contributed by atoms with Crippen LogP contribution < -0.4 is 0 Å². The topological polar surface area (TPSA) is 74.8 Å². The van der Waals surface area contributed by atoms with Crippen molar-refractivity contribution in [3.8, 4) is 10.8 Å². The van der Waals surface area contributed by atoms with E-state index in [1.165, 1.54) is 23.2 Å². The van der Waals surface area contributed by atoms with Crippen molar-refractivity contribution in [1.82, 2.24) is 25.1 Å². The van der Waals surface area contributed by atoms with Gasteiger partial charge in [-0.25, -0.2) is 9.97 Å². The average molecular weight is 345 g/mol. The first-order valence-electron chi connectivity index (χ1n) is 7.40. The molecule has 3 aromatic rings. The van der Waals surface area contributed by atoms with Gasteiger partial charge in [0.2, 0.25) is 5.91 Å². The number of amides is 1. The SMILES string of the molecule is O=C(Cc1csc(-c2ncn[nH]2)n1)N(Cc1ccsc1)C1CC1. The molecule has 1 saturated carbocycles. The zero-order valence-electron chi connectivity index (χ0n) is 12.3. The summed E-state index contributed by atoms with van der Waals surface area (Å²) in [5.74, 6) is 0.791. The molecule has 4 rings (SSSR count). The van der Waals surface area contributed by atoms with E-state index in [4.69, 9.17) is 0 Å². The Morgan fingerprint density at radius 1 is 1.39 bits per heavy atom. The molecule has 0 spiro atoms. The third kappa shape index (κ3) is 3.32. The maximum Gasteiger partial charge on any atom is 0.229 e. The molecule has 0 aromatic carbocycles. The molecular weight excluding hydrogens is 330 g/mol. The first-order valence-corrected chi connectivity index (χ1v) is 9.22. The molecule has 3 heterocycles. The molecule has 8 heteroatoms. The normalized spacial score (nSPS) is 14.1. The van der Waals surface area contributed by atoms with Gasteiger partial charge in [-0.15, -0.1) is 11.3 Å². The average Bonchev–Trinajstić information content (AvgIpc) is 3.02. The standard InChI is InChI=1S/C15H15N5OS2/c21-13(20(12-1-2-12)6-10-3-4-22-7-10)5-11-8-23-15(18-11)14-16-9-17-19-14/h3-4,7-9,12H,1-2,5-6H2,(H,16,17,19). The van der Waals surface area contributed by atoms with Crippen molar-refractivity contribution in [3.63, 3.8) is 0 Å². The fourth-order valence-electron chi connectivity index (χ4n) is 2.45.